The molecule has 0 radical (unpaired) electrons. The molecule has 2 aromatic rings. The van der Waals surface area contributed by atoms with Gasteiger partial charge < -0.3 is 16.6 Å². The number of carboxylic acids is 1. The van der Waals surface area contributed by atoms with E-state index in [0.717, 1.165) is 41.2 Å². The van der Waals surface area contributed by atoms with Gasteiger partial charge in [0.25, 0.3) is 5.91 Å². The van der Waals surface area contributed by atoms with Gasteiger partial charge in [0.05, 0.1) is 6.61 Å². The summed E-state index contributed by atoms with van der Waals surface area (Å²) in [6, 6.07) is 12.8. The summed E-state index contributed by atoms with van der Waals surface area (Å²) >= 11 is 1.56. The maximum Gasteiger partial charge on any atom is 1.00 e. The Kier molecular flexibility index (Phi) is 13.7. The van der Waals surface area contributed by atoms with Gasteiger partial charge >= 0.3 is 24.8 Å². The van der Waals surface area contributed by atoms with Crippen molar-refractivity contribution >= 4 is 23.6 Å². The van der Waals surface area contributed by atoms with Gasteiger partial charge in [0, 0.05) is 12.2 Å². The molecule has 192 valence electrons. The number of ether oxygens (including phenoxy) is 1. The summed E-state index contributed by atoms with van der Waals surface area (Å²) in [7, 11) is 0. The predicted octanol–water partition coefficient (Wildman–Crippen LogP) is 3.59. The van der Waals surface area contributed by atoms with E-state index in [0.29, 0.717) is 24.3 Å². The molecule has 1 aliphatic carbocycles. The van der Waals surface area contributed by atoms with Crippen LogP contribution in [0.25, 0.3) is 11.1 Å². The van der Waals surface area contributed by atoms with Crippen LogP contribution in [0.15, 0.2) is 42.5 Å². The zero-order valence-electron chi connectivity index (χ0n) is 23.1. The van der Waals surface area contributed by atoms with Crippen LogP contribution in [0.4, 0.5) is 0 Å². The van der Waals surface area contributed by atoms with Crippen molar-refractivity contribution in [3.05, 3.63) is 59.2 Å². The van der Waals surface area contributed by atoms with E-state index >= 15 is 0 Å². The summed E-state index contributed by atoms with van der Waals surface area (Å²) < 4.78 is 5.99. The SMILES string of the molecule is CSCCC(NC(=O)c1ccc(COCCCC2CCCCC2)cc1-c1ccccc1C)C(=O)O.[H-].[Li+]. The number of benzene rings is 2. The number of hydrogen-bond acceptors (Lipinski definition) is 4. The fourth-order valence-corrected chi connectivity index (χ4v) is 5.32. The van der Waals surface area contributed by atoms with E-state index in [2.05, 4.69) is 5.32 Å². The van der Waals surface area contributed by atoms with E-state index in [1.54, 1.807) is 17.8 Å². The summed E-state index contributed by atoms with van der Waals surface area (Å²) in [5, 5.41) is 12.3. The second-order valence-electron chi connectivity index (χ2n) is 9.54. The van der Waals surface area contributed by atoms with Gasteiger partial charge in [0.15, 0.2) is 0 Å². The van der Waals surface area contributed by atoms with E-state index < -0.39 is 12.0 Å². The summed E-state index contributed by atoms with van der Waals surface area (Å²) in [4.78, 5) is 24.8. The Morgan fingerprint density at radius 1 is 1.14 bits per heavy atom. The first-order chi connectivity index (χ1) is 17.0. The second kappa shape index (κ2) is 16.2. The van der Waals surface area contributed by atoms with Gasteiger partial charge in [-0.15, -0.1) is 0 Å². The van der Waals surface area contributed by atoms with Crippen molar-refractivity contribution in [1.29, 1.82) is 0 Å². The summed E-state index contributed by atoms with van der Waals surface area (Å²) in [6.45, 7) is 3.26. The molecule has 1 fully saturated rings. The molecule has 0 aliphatic heterocycles. The molecule has 0 saturated heterocycles. The van der Waals surface area contributed by atoms with Crippen molar-refractivity contribution in [1.82, 2.24) is 5.32 Å². The van der Waals surface area contributed by atoms with Gasteiger partial charge in [-0.1, -0.05) is 62.4 Å². The van der Waals surface area contributed by atoms with Crippen LogP contribution < -0.4 is 24.2 Å². The quantitative estimate of drug-likeness (QED) is 0.322. The molecule has 0 aromatic heterocycles. The van der Waals surface area contributed by atoms with Crippen molar-refractivity contribution in [2.75, 3.05) is 18.6 Å². The van der Waals surface area contributed by atoms with E-state index in [9.17, 15) is 14.7 Å². The number of nitrogens with one attached hydrogen (secondary N) is 1. The zero-order valence-corrected chi connectivity index (χ0v) is 22.9. The minimum Gasteiger partial charge on any atom is -1.00 e. The van der Waals surface area contributed by atoms with Crippen LogP contribution in [-0.4, -0.2) is 41.6 Å². The molecule has 3 rings (SSSR count). The van der Waals surface area contributed by atoms with Gasteiger partial charge in [-0.25, -0.2) is 4.79 Å². The fraction of sp³-hybridized carbons (Fsp3) is 0.517. The molecule has 2 aromatic carbocycles. The van der Waals surface area contributed by atoms with E-state index in [-0.39, 0.29) is 26.2 Å². The molecule has 36 heavy (non-hydrogen) atoms. The summed E-state index contributed by atoms with van der Waals surface area (Å²) in [6.07, 6.45) is 11.5. The first-order valence-electron chi connectivity index (χ1n) is 12.8. The molecule has 1 saturated carbocycles. The maximum atomic E-state index is 13.2. The number of aliphatic carboxylic acids is 1. The Hall–Kier alpha value is -1.71. The van der Waals surface area contributed by atoms with Crippen LogP contribution in [0.1, 0.15) is 74.3 Å². The Morgan fingerprint density at radius 3 is 2.58 bits per heavy atom. The van der Waals surface area contributed by atoms with Crippen LogP contribution in [0, 0.1) is 12.8 Å². The van der Waals surface area contributed by atoms with Crippen LogP contribution in [0.2, 0.25) is 0 Å². The molecule has 2 N–H and O–H groups in total. The molecule has 0 bridgehead atoms. The molecule has 5 nitrogen and oxygen atoms in total. The first-order valence-corrected chi connectivity index (χ1v) is 14.2. The number of thioether (sulfide) groups is 1. The molecular formula is C29H40LiNO4S. The van der Waals surface area contributed by atoms with Gasteiger partial charge in [-0.05, 0) is 78.5 Å². The average Bonchev–Trinajstić information content (AvgIpc) is 2.87. The smallest absolute Gasteiger partial charge is 1.00 e. The molecule has 1 amide bonds. The second-order valence-corrected chi connectivity index (χ2v) is 10.5. The van der Waals surface area contributed by atoms with Crippen molar-refractivity contribution in [2.24, 2.45) is 5.92 Å². The van der Waals surface area contributed by atoms with E-state index in [4.69, 9.17) is 4.74 Å². The van der Waals surface area contributed by atoms with Crippen molar-refractivity contribution < 1.29 is 39.7 Å². The largest absolute Gasteiger partial charge is 1.00 e. The number of rotatable bonds is 13. The Bertz CT molecular complexity index is 984. The standard InChI is InChI=1S/C29H39NO4S.Li.H/c1-21-9-6-7-13-24(21)26-19-23(20-34-17-8-12-22-10-4-3-5-11-22)14-15-25(26)28(31)30-27(29(32)33)16-18-35-2;;/h6-7,9,13-15,19,22,27H,3-5,8,10-12,16-18,20H2,1-2H3,(H,30,31)(H,32,33);;/q;+1;-1. The predicted molar refractivity (Wildman–Crippen MR) is 145 cm³/mol. The van der Waals surface area contributed by atoms with Crippen molar-refractivity contribution in [2.45, 2.75) is 70.9 Å². The zero-order chi connectivity index (χ0) is 25.0. The third kappa shape index (κ3) is 9.30. The molecular weight excluding hydrogens is 465 g/mol. The number of carboxylic acid groups (broad SMARTS) is 1. The molecule has 1 unspecified atom stereocenters. The molecule has 0 heterocycles. The summed E-state index contributed by atoms with van der Waals surface area (Å²) in [5.41, 5.74) is 4.32. The molecule has 7 heteroatoms. The van der Waals surface area contributed by atoms with Gasteiger partial charge in [0.1, 0.15) is 6.04 Å². The van der Waals surface area contributed by atoms with E-state index in [1.807, 2.05) is 49.6 Å². The molecule has 1 aliphatic rings. The number of carbonyl (C=O) groups excluding carboxylic acids is 1. The third-order valence-electron chi connectivity index (χ3n) is 6.87. The van der Waals surface area contributed by atoms with Crippen molar-refractivity contribution in [3.8, 4) is 11.1 Å². The molecule has 0 spiro atoms. The Labute approximate surface area is 233 Å². The maximum absolute atomic E-state index is 13.2. The Balaban J connectivity index is 0.00000342. The minimum absolute atomic E-state index is 0. The van der Waals surface area contributed by atoms with Crippen LogP contribution in [0.5, 0.6) is 0 Å². The normalized spacial score (nSPS) is 14.6. The van der Waals surface area contributed by atoms with Gasteiger partial charge in [-0.2, -0.15) is 11.8 Å². The number of amides is 1. The molecule has 1 atom stereocenters. The van der Waals surface area contributed by atoms with Gasteiger partial charge in [-0.3, -0.25) is 4.79 Å². The topological polar surface area (TPSA) is 75.6 Å². The average molecular weight is 506 g/mol. The van der Waals surface area contributed by atoms with Gasteiger partial charge in [0.2, 0.25) is 0 Å². The van der Waals surface area contributed by atoms with E-state index in [1.165, 1.54) is 38.5 Å². The number of carbonyl (C=O) groups is 2. The fourth-order valence-electron chi connectivity index (χ4n) is 4.85. The minimum atomic E-state index is -1.01. The van der Waals surface area contributed by atoms with Crippen LogP contribution in [-0.2, 0) is 16.1 Å². The monoisotopic (exact) mass is 505 g/mol. The Morgan fingerprint density at radius 2 is 1.89 bits per heavy atom. The first kappa shape index (κ1) is 30.5. The number of hydrogen-bond donors (Lipinski definition) is 2. The van der Waals surface area contributed by atoms with Crippen LogP contribution >= 0.6 is 11.8 Å². The number of aryl methyl sites for hydroxylation is 1. The van der Waals surface area contributed by atoms with Crippen molar-refractivity contribution in [3.63, 3.8) is 0 Å². The third-order valence-corrected chi connectivity index (χ3v) is 7.52. The summed E-state index contributed by atoms with van der Waals surface area (Å²) in [5.74, 6) is 0.155. The van der Waals surface area contributed by atoms with Crippen LogP contribution in [0.3, 0.4) is 0 Å².